The lowest BCUT2D eigenvalue weighted by atomic mass is 9.60. The highest BCUT2D eigenvalue weighted by Gasteiger charge is 2.55. The molecular weight excluding hydrogens is 400 g/mol. The van der Waals surface area contributed by atoms with Gasteiger partial charge in [-0.1, -0.05) is 0 Å². The molecule has 1 atom stereocenters. The highest BCUT2D eigenvalue weighted by molar-refractivity contribution is 5.78. The van der Waals surface area contributed by atoms with Gasteiger partial charge in [-0.05, 0) is 50.3 Å². The highest BCUT2D eigenvalue weighted by Crippen LogP contribution is 2.47. The largest absolute Gasteiger partial charge is 0.484 e. The molecule has 4 rings (SSSR count). The molecule has 0 saturated heterocycles. The summed E-state index contributed by atoms with van der Waals surface area (Å²) in [6.07, 6.45) is -5.35. The Morgan fingerprint density at radius 2 is 1.83 bits per heavy atom. The predicted molar refractivity (Wildman–Crippen MR) is 90.8 cm³/mol. The Morgan fingerprint density at radius 1 is 1.17 bits per heavy atom. The Morgan fingerprint density at radius 3 is 2.38 bits per heavy atom. The third-order valence-corrected chi connectivity index (χ3v) is 5.69. The van der Waals surface area contributed by atoms with Gasteiger partial charge in [-0.15, -0.1) is 0 Å². The third-order valence-electron chi connectivity index (χ3n) is 5.69. The maximum absolute atomic E-state index is 13.3. The van der Waals surface area contributed by atoms with Crippen LogP contribution in [-0.2, 0) is 11.0 Å². The molecule has 0 aliphatic heterocycles. The molecule has 29 heavy (non-hydrogen) atoms. The van der Waals surface area contributed by atoms with Gasteiger partial charge < -0.3 is 25.6 Å². The average Bonchev–Trinajstić information content (AvgIpc) is 2.61. The van der Waals surface area contributed by atoms with Crippen molar-refractivity contribution in [2.45, 2.75) is 55.5 Å². The van der Waals surface area contributed by atoms with E-state index in [1.165, 1.54) is 0 Å². The number of hydrogen-bond donors (Lipinski definition) is 4. The Balaban J connectivity index is 1.60. The summed E-state index contributed by atoms with van der Waals surface area (Å²) in [6, 6.07) is 2.07. The van der Waals surface area contributed by atoms with Gasteiger partial charge in [-0.3, -0.25) is 4.79 Å². The monoisotopic (exact) mass is 420 g/mol. The molecule has 2 amide bonds. The SMILES string of the molecule is O=C(O)NC12CCC(NC(=O)COc3ccc(F)c(C(F)(F)F)c3)(CC1)[C@@H](O)C2. The summed E-state index contributed by atoms with van der Waals surface area (Å²) in [4.78, 5) is 23.2. The van der Waals surface area contributed by atoms with Gasteiger partial charge in [0.25, 0.3) is 5.91 Å². The molecular formula is C18H20F4N2O5. The minimum Gasteiger partial charge on any atom is -0.484 e. The number of amides is 2. The van der Waals surface area contributed by atoms with Crippen molar-refractivity contribution in [3.8, 4) is 5.75 Å². The second-order valence-electron chi connectivity index (χ2n) is 7.56. The number of benzene rings is 1. The normalized spacial score (nSPS) is 28.7. The lowest BCUT2D eigenvalue weighted by Gasteiger charge is -2.55. The van der Waals surface area contributed by atoms with Crippen LogP contribution in [0, 0.1) is 5.82 Å². The first-order chi connectivity index (χ1) is 13.4. The van der Waals surface area contributed by atoms with E-state index in [0.29, 0.717) is 37.8 Å². The summed E-state index contributed by atoms with van der Waals surface area (Å²) < 4.78 is 56.6. The Labute approximate surface area is 163 Å². The number of carboxylic acid groups (broad SMARTS) is 1. The Kier molecular flexibility index (Phi) is 5.37. The molecule has 0 spiro atoms. The molecule has 7 nitrogen and oxygen atoms in total. The van der Waals surface area contributed by atoms with E-state index in [2.05, 4.69) is 10.6 Å². The van der Waals surface area contributed by atoms with Crippen LogP contribution in [0.4, 0.5) is 22.4 Å². The third kappa shape index (κ3) is 4.39. The summed E-state index contributed by atoms with van der Waals surface area (Å²) in [7, 11) is 0. The number of carbonyl (C=O) groups excluding carboxylic acids is 1. The summed E-state index contributed by atoms with van der Waals surface area (Å²) in [5, 5.41) is 24.6. The molecule has 0 aromatic heterocycles. The van der Waals surface area contributed by atoms with Crippen LogP contribution in [0.5, 0.6) is 5.75 Å². The smallest absolute Gasteiger partial charge is 0.419 e. The van der Waals surface area contributed by atoms with Gasteiger partial charge in [0.2, 0.25) is 0 Å². The second-order valence-corrected chi connectivity index (χ2v) is 7.56. The average molecular weight is 420 g/mol. The summed E-state index contributed by atoms with van der Waals surface area (Å²) in [5.74, 6) is -2.41. The first-order valence-electron chi connectivity index (χ1n) is 8.95. The predicted octanol–water partition coefficient (Wildman–Crippen LogP) is 2.42. The lowest BCUT2D eigenvalue weighted by molar-refractivity contribution is -0.140. The van der Waals surface area contributed by atoms with Gasteiger partial charge in [-0.25, -0.2) is 9.18 Å². The quantitative estimate of drug-likeness (QED) is 0.548. The minimum atomic E-state index is -4.89. The zero-order valence-electron chi connectivity index (χ0n) is 15.2. The van der Waals surface area contributed by atoms with Crippen LogP contribution < -0.4 is 15.4 Å². The van der Waals surface area contributed by atoms with E-state index in [-0.39, 0.29) is 12.2 Å². The van der Waals surface area contributed by atoms with Gasteiger partial charge in [0.1, 0.15) is 11.6 Å². The molecule has 0 radical (unpaired) electrons. The van der Waals surface area contributed by atoms with Crippen molar-refractivity contribution < 1.29 is 42.1 Å². The summed E-state index contributed by atoms with van der Waals surface area (Å²) in [6.45, 7) is -0.615. The number of aliphatic hydroxyl groups is 1. The molecule has 3 aliphatic rings. The summed E-state index contributed by atoms with van der Waals surface area (Å²) in [5.41, 5.74) is -3.16. The van der Waals surface area contributed by atoms with Crippen LogP contribution in [0.1, 0.15) is 37.7 Å². The number of halogens is 4. The van der Waals surface area contributed by atoms with Crippen molar-refractivity contribution >= 4 is 12.0 Å². The number of carbonyl (C=O) groups is 2. The van der Waals surface area contributed by atoms with Crippen molar-refractivity contribution in [1.82, 2.24) is 10.6 Å². The highest BCUT2D eigenvalue weighted by atomic mass is 19.4. The number of aliphatic hydroxyl groups excluding tert-OH is 1. The van der Waals surface area contributed by atoms with Gasteiger partial charge in [0.15, 0.2) is 6.61 Å². The summed E-state index contributed by atoms with van der Waals surface area (Å²) >= 11 is 0. The molecule has 11 heteroatoms. The van der Waals surface area contributed by atoms with E-state index in [0.717, 1.165) is 6.07 Å². The molecule has 3 fully saturated rings. The maximum Gasteiger partial charge on any atom is 0.419 e. The van der Waals surface area contributed by atoms with Gasteiger partial charge in [0.05, 0.1) is 17.2 Å². The first kappa shape index (κ1) is 21.2. The number of ether oxygens (including phenoxy) is 1. The van der Waals surface area contributed by atoms with E-state index < -0.39 is 53.3 Å². The van der Waals surface area contributed by atoms with Crippen LogP contribution in [0.2, 0.25) is 0 Å². The van der Waals surface area contributed by atoms with E-state index in [1.54, 1.807) is 0 Å². The Bertz CT molecular complexity index is 806. The molecule has 3 saturated carbocycles. The topological polar surface area (TPSA) is 108 Å². The molecule has 2 bridgehead atoms. The van der Waals surface area contributed by atoms with E-state index >= 15 is 0 Å². The zero-order chi connectivity index (χ0) is 21.4. The lowest BCUT2D eigenvalue weighted by Crippen LogP contribution is -2.70. The van der Waals surface area contributed by atoms with Crippen molar-refractivity contribution in [3.05, 3.63) is 29.6 Å². The molecule has 0 heterocycles. The number of fused-ring (bicyclic) bond motifs is 3. The van der Waals surface area contributed by atoms with Crippen LogP contribution in [0.15, 0.2) is 18.2 Å². The fraction of sp³-hybridized carbons (Fsp3) is 0.556. The van der Waals surface area contributed by atoms with E-state index in [9.17, 15) is 32.3 Å². The molecule has 1 aromatic rings. The first-order valence-corrected chi connectivity index (χ1v) is 8.95. The second kappa shape index (κ2) is 7.36. The number of hydrogen-bond acceptors (Lipinski definition) is 4. The van der Waals surface area contributed by atoms with Crippen molar-refractivity contribution in [3.63, 3.8) is 0 Å². The van der Waals surface area contributed by atoms with Gasteiger partial charge in [-0.2, -0.15) is 13.2 Å². The molecule has 3 aliphatic carbocycles. The number of alkyl halides is 3. The number of nitrogens with one attached hydrogen (secondary N) is 2. The van der Waals surface area contributed by atoms with Crippen molar-refractivity contribution in [2.24, 2.45) is 0 Å². The van der Waals surface area contributed by atoms with Crippen LogP contribution in [0.3, 0.4) is 0 Å². The molecule has 4 N–H and O–H groups in total. The van der Waals surface area contributed by atoms with E-state index in [4.69, 9.17) is 9.84 Å². The van der Waals surface area contributed by atoms with Crippen LogP contribution >= 0.6 is 0 Å². The van der Waals surface area contributed by atoms with E-state index in [1.807, 2.05) is 0 Å². The van der Waals surface area contributed by atoms with Crippen LogP contribution in [0.25, 0.3) is 0 Å². The minimum absolute atomic E-state index is 0.146. The molecule has 160 valence electrons. The van der Waals surface area contributed by atoms with Crippen LogP contribution in [-0.4, -0.2) is 46.0 Å². The molecule has 1 aromatic carbocycles. The van der Waals surface area contributed by atoms with Crippen molar-refractivity contribution in [1.29, 1.82) is 0 Å². The van der Waals surface area contributed by atoms with Gasteiger partial charge in [0, 0.05) is 5.54 Å². The maximum atomic E-state index is 13.3. The zero-order valence-corrected chi connectivity index (χ0v) is 15.2. The van der Waals surface area contributed by atoms with Gasteiger partial charge >= 0.3 is 12.3 Å². The standard InChI is InChI=1S/C18H20F4N2O5/c19-12-2-1-10(7-11(12)18(20,21)22)29-9-14(26)23-17-5-3-16(4-6-17,8-13(17)25)24-15(27)28/h1-2,7,13,24-25H,3-6,8-9H2,(H,23,26)(H,27,28)/t13-,16?,17?/m0/s1. The Hall–Kier alpha value is -2.56. The number of rotatable bonds is 5. The molecule has 0 unspecified atom stereocenters. The fourth-order valence-corrected chi connectivity index (χ4v) is 4.16. The van der Waals surface area contributed by atoms with Crippen molar-refractivity contribution in [2.75, 3.05) is 6.61 Å². The fourth-order valence-electron chi connectivity index (χ4n) is 4.16.